The van der Waals surface area contributed by atoms with Gasteiger partial charge in [-0.15, -0.1) is 0 Å². The van der Waals surface area contributed by atoms with Crippen LogP contribution in [-0.2, 0) is 14.8 Å². The fourth-order valence-corrected chi connectivity index (χ4v) is 4.16. The molecule has 33 heavy (non-hydrogen) atoms. The lowest BCUT2D eigenvalue weighted by atomic mass is 9.95. The molecule has 0 saturated heterocycles. The quantitative estimate of drug-likeness (QED) is 0.323. The lowest BCUT2D eigenvalue weighted by Gasteiger charge is -2.15. The second kappa shape index (κ2) is 10.3. The van der Waals surface area contributed by atoms with Gasteiger partial charge in [-0.3, -0.25) is 4.79 Å². The Balaban J connectivity index is 1.99. The summed E-state index contributed by atoms with van der Waals surface area (Å²) in [5.41, 5.74) is 8.45. The van der Waals surface area contributed by atoms with Crippen LogP contribution < -0.4 is 20.5 Å². The maximum atomic E-state index is 12.9. The molecule has 0 spiro atoms. The minimum absolute atomic E-state index is 0.00721. The zero-order chi connectivity index (χ0) is 24.0. The predicted octanol–water partition coefficient (Wildman–Crippen LogP) is 3.16. The number of carbonyl (C=O) groups is 1. The van der Waals surface area contributed by atoms with Gasteiger partial charge in [-0.05, 0) is 29.7 Å². The highest BCUT2D eigenvalue weighted by Gasteiger charge is 2.19. The van der Waals surface area contributed by atoms with Gasteiger partial charge in [0.05, 0.1) is 17.1 Å². The van der Waals surface area contributed by atoms with E-state index in [1.54, 1.807) is 18.2 Å². The number of benzene rings is 2. The number of nitrogens with two attached hydrogens (primary N) is 1. The highest BCUT2D eigenvalue weighted by molar-refractivity contribution is 7.92. The Morgan fingerprint density at radius 2 is 1.85 bits per heavy atom. The highest BCUT2D eigenvalue weighted by atomic mass is 32.2. The number of hydrogen-bond donors (Lipinski definition) is 3. The zero-order valence-corrected chi connectivity index (χ0v) is 19.5. The van der Waals surface area contributed by atoms with Crippen LogP contribution in [0, 0.1) is 0 Å². The van der Waals surface area contributed by atoms with Gasteiger partial charge in [0.15, 0.2) is 0 Å². The molecule has 3 rings (SSSR count). The Hall–Kier alpha value is -3.66. The number of aromatic nitrogens is 2. The topological polar surface area (TPSA) is 136 Å². The fourth-order valence-electron chi connectivity index (χ4n) is 3.16. The maximum Gasteiger partial charge on any atom is 0.264 e. The van der Waals surface area contributed by atoms with Gasteiger partial charge in [0.2, 0.25) is 17.7 Å². The second-order valence-electron chi connectivity index (χ2n) is 7.67. The number of ether oxygens (including phenoxy) is 1. The third kappa shape index (κ3) is 6.42. The van der Waals surface area contributed by atoms with Crippen LogP contribution in [0.3, 0.4) is 0 Å². The van der Waals surface area contributed by atoms with Crippen LogP contribution in [0.2, 0.25) is 0 Å². The molecule has 3 aromatic rings. The van der Waals surface area contributed by atoms with Crippen LogP contribution in [0.4, 0.5) is 11.6 Å². The summed E-state index contributed by atoms with van der Waals surface area (Å²) in [6.07, 6.45) is 0. The molecule has 1 amide bonds. The van der Waals surface area contributed by atoms with E-state index in [0.29, 0.717) is 11.4 Å². The molecule has 1 aromatic heterocycles. The van der Waals surface area contributed by atoms with Gasteiger partial charge in [-0.2, -0.15) is 4.98 Å². The number of amides is 1. The van der Waals surface area contributed by atoms with Gasteiger partial charge in [0.25, 0.3) is 10.0 Å². The van der Waals surface area contributed by atoms with Crippen molar-refractivity contribution in [3.8, 4) is 17.1 Å². The molecule has 9 nitrogen and oxygen atoms in total. The summed E-state index contributed by atoms with van der Waals surface area (Å²) in [4.78, 5) is 19.7. The number of hydrogen-bond acceptors (Lipinski definition) is 7. The molecule has 0 bridgehead atoms. The molecule has 0 atom stereocenters. The molecule has 0 fully saturated rings. The van der Waals surface area contributed by atoms with Crippen molar-refractivity contribution in [2.24, 2.45) is 0 Å². The van der Waals surface area contributed by atoms with Gasteiger partial charge in [0, 0.05) is 24.2 Å². The summed E-state index contributed by atoms with van der Waals surface area (Å²) in [5.74, 6) is 0.0772. The smallest absolute Gasteiger partial charge is 0.264 e. The molecule has 0 aliphatic carbocycles. The minimum atomic E-state index is -3.98. The van der Waals surface area contributed by atoms with Crippen molar-refractivity contribution in [1.29, 1.82) is 0 Å². The fraction of sp³-hybridized carbons (Fsp3) is 0.261. The number of carbonyl (C=O) groups excluding carboxylic acids is 1. The number of nitrogen functional groups attached to an aromatic ring is 1. The molecule has 0 aliphatic rings. The van der Waals surface area contributed by atoms with Crippen molar-refractivity contribution >= 4 is 27.6 Å². The molecule has 0 aliphatic heterocycles. The monoisotopic (exact) mass is 469 g/mol. The number of rotatable bonds is 9. The van der Waals surface area contributed by atoms with Crippen molar-refractivity contribution < 1.29 is 17.9 Å². The van der Waals surface area contributed by atoms with Gasteiger partial charge in [-0.1, -0.05) is 44.2 Å². The van der Waals surface area contributed by atoms with E-state index in [1.807, 2.05) is 24.3 Å². The molecule has 0 unspecified atom stereocenters. The Morgan fingerprint density at radius 3 is 2.55 bits per heavy atom. The SMILES string of the molecule is CC(=O)NCCOc1cc(-c2ccccc2C(C)C)nc(NS(=O)(=O)c2cccc(N)c2)n1. The van der Waals surface area contributed by atoms with Crippen LogP contribution in [0.15, 0.2) is 59.5 Å². The first-order chi connectivity index (χ1) is 15.7. The van der Waals surface area contributed by atoms with E-state index >= 15 is 0 Å². The summed E-state index contributed by atoms with van der Waals surface area (Å²) in [6, 6.07) is 15.3. The molecule has 0 saturated carbocycles. The maximum absolute atomic E-state index is 12.9. The molecular weight excluding hydrogens is 442 g/mol. The van der Waals surface area contributed by atoms with Gasteiger partial charge in [-0.25, -0.2) is 18.1 Å². The van der Waals surface area contributed by atoms with Crippen molar-refractivity contribution in [2.75, 3.05) is 23.6 Å². The molecule has 1 heterocycles. The largest absolute Gasteiger partial charge is 0.476 e. The second-order valence-corrected chi connectivity index (χ2v) is 9.35. The van der Waals surface area contributed by atoms with Crippen LogP contribution in [0.25, 0.3) is 11.3 Å². The molecule has 174 valence electrons. The standard InChI is InChI=1S/C23H27N5O4S/c1-15(2)19-9-4-5-10-20(19)21-14-22(32-12-11-25-16(3)29)27-23(26-21)28-33(30,31)18-8-6-7-17(24)13-18/h4-10,13-15H,11-12,24H2,1-3H3,(H,25,29)(H,26,27,28). The Labute approximate surface area is 193 Å². The van der Waals surface area contributed by atoms with Crippen molar-refractivity contribution in [3.05, 3.63) is 60.2 Å². The minimum Gasteiger partial charge on any atom is -0.476 e. The average Bonchev–Trinajstić information content (AvgIpc) is 2.76. The number of anilines is 2. The average molecular weight is 470 g/mol. The van der Waals surface area contributed by atoms with Crippen LogP contribution in [0.5, 0.6) is 5.88 Å². The number of nitrogens with zero attached hydrogens (tertiary/aromatic N) is 2. The van der Waals surface area contributed by atoms with Crippen molar-refractivity contribution in [2.45, 2.75) is 31.6 Å². The van der Waals surface area contributed by atoms with Crippen molar-refractivity contribution in [3.63, 3.8) is 0 Å². The zero-order valence-electron chi connectivity index (χ0n) is 18.7. The number of nitrogens with one attached hydrogen (secondary N) is 2. The Morgan fingerprint density at radius 1 is 1.09 bits per heavy atom. The first kappa shape index (κ1) is 24.0. The summed E-state index contributed by atoms with van der Waals surface area (Å²) in [6.45, 7) is 5.97. The van der Waals surface area contributed by atoms with E-state index < -0.39 is 10.0 Å². The highest BCUT2D eigenvalue weighted by Crippen LogP contribution is 2.30. The summed E-state index contributed by atoms with van der Waals surface area (Å²) < 4.78 is 33.9. The van der Waals surface area contributed by atoms with E-state index in [9.17, 15) is 13.2 Å². The van der Waals surface area contributed by atoms with E-state index in [0.717, 1.165) is 11.1 Å². The summed E-state index contributed by atoms with van der Waals surface area (Å²) in [7, 11) is -3.98. The third-order valence-corrected chi connectivity index (χ3v) is 6.01. The van der Waals surface area contributed by atoms with Crippen LogP contribution in [0.1, 0.15) is 32.3 Å². The van der Waals surface area contributed by atoms with E-state index in [-0.39, 0.29) is 41.7 Å². The lowest BCUT2D eigenvalue weighted by molar-refractivity contribution is -0.119. The predicted molar refractivity (Wildman–Crippen MR) is 127 cm³/mol. The first-order valence-corrected chi connectivity index (χ1v) is 11.9. The molecular formula is C23H27N5O4S. The van der Waals surface area contributed by atoms with Gasteiger partial charge < -0.3 is 15.8 Å². The Bertz CT molecular complexity index is 1250. The van der Waals surface area contributed by atoms with Crippen LogP contribution in [-0.4, -0.2) is 37.4 Å². The Kier molecular flexibility index (Phi) is 7.49. The van der Waals surface area contributed by atoms with Gasteiger partial charge >= 0.3 is 0 Å². The first-order valence-electron chi connectivity index (χ1n) is 10.4. The summed E-state index contributed by atoms with van der Waals surface area (Å²) >= 11 is 0. The lowest BCUT2D eigenvalue weighted by Crippen LogP contribution is -2.25. The van der Waals surface area contributed by atoms with Crippen LogP contribution >= 0.6 is 0 Å². The molecule has 2 aromatic carbocycles. The van der Waals surface area contributed by atoms with E-state index in [2.05, 4.69) is 33.9 Å². The molecule has 10 heteroatoms. The number of sulfonamides is 1. The molecule has 4 N–H and O–H groups in total. The summed E-state index contributed by atoms with van der Waals surface area (Å²) in [5, 5.41) is 2.64. The van der Waals surface area contributed by atoms with Gasteiger partial charge in [0.1, 0.15) is 6.61 Å². The van der Waals surface area contributed by atoms with E-state index in [1.165, 1.54) is 19.1 Å². The van der Waals surface area contributed by atoms with Crippen molar-refractivity contribution in [1.82, 2.24) is 15.3 Å². The van der Waals surface area contributed by atoms with E-state index in [4.69, 9.17) is 10.5 Å². The molecule has 0 radical (unpaired) electrons. The normalized spacial score (nSPS) is 11.3. The third-order valence-electron chi connectivity index (χ3n) is 4.68.